The fourth-order valence-corrected chi connectivity index (χ4v) is 10.7. The molecule has 0 unspecified atom stereocenters. The number of alkyl halides is 1. The first-order valence-electron chi connectivity index (χ1n) is 25.4. The van der Waals surface area contributed by atoms with Gasteiger partial charge in [0, 0.05) is 95.7 Å². The van der Waals surface area contributed by atoms with Crippen molar-refractivity contribution in [3.63, 3.8) is 0 Å². The van der Waals surface area contributed by atoms with Crippen molar-refractivity contribution in [1.82, 2.24) is 4.58 Å². The molecule has 0 saturated heterocycles. The molecule has 12 nitrogen and oxygen atoms in total. The molecular weight excluding hydrogens is 872 g/mol. The molecule has 3 aromatic carbocycles. The number of carboxylic acid groups (broad SMARTS) is 1. The van der Waals surface area contributed by atoms with Gasteiger partial charge in [-0.15, -0.1) is 11.6 Å². The first-order valence-corrected chi connectivity index (χ1v) is 25.9. The summed E-state index contributed by atoms with van der Waals surface area (Å²) in [6.45, 7) is 10.2. The predicted molar refractivity (Wildman–Crippen MR) is 258 cm³/mol. The average Bonchev–Trinajstić information content (AvgIpc) is 3.69. The Labute approximate surface area is 401 Å². The normalized spacial score (nSPS) is 16.1. The summed E-state index contributed by atoms with van der Waals surface area (Å²) < 4.78 is 43.5. The van der Waals surface area contributed by atoms with E-state index in [1.807, 2.05) is 0 Å². The highest BCUT2D eigenvalue weighted by Gasteiger charge is 2.35. The van der Waals surface area contributed by atoms with Gasteiger partial charge in [0.1, 0.15) is 24.6 Å². The number of Topliss-reactive ketones (excluding diaryl/α,β-unsaturated/α-hetero) is 1. The molecule has 0 bridgehead atoms. The third-order valence-electron chi connectivity index (χ3n) is 13.7. The Hall–Kier alpha value is -3.88. The van der Waals surface area contributed by atoms with E-state index in [-0.39, 0.29) is 17.8 Å². The van der Waals surface area contributed by atoms with Gasteiger partial charge in [-0.3, -0.25) is 4.79 Å². The highest BCUT2D eigenvalue weighted by molar-refractivity contribution is 6.17. The van der Waals surface area contributed by atoms with E-state index in [2.05, 4.69) is 21.6 Å². The summed E-state index contributed by atoms with van der Waals surface area (Å²) in [4.78, 5) is 29.5. The molecular formula is C54H71ClN2O10. The van der Waals surface area contributed by atoms with Crippen molar-refractivity contribution < 1.29 is 47.9 Å². The van der Waals surface area contributed by atoms with E-state index >= 15 is 0 Å². The first-order chi connectivity index (χ1) is 33.0. The van der Waals surface area contributed by atoms with E-state index in [1.54, 1.807) is 18.2 Å². The third-order valence-corrected chi connectivity index (χ3v) is 14.0. The zero-order chi connectivity index (χ0) is 46.2. The molecule has 5 heterocycles. The summed E-state index contributed by atoms with van der Waals surface area (Å²) >= 11 is 5.70. The zero-order valence-electron chi connectivity index (χ0n) is 39.6. The van der Waals surface area contributed by atoms with Crippen molar-refractivity contribution in [1.29, 1.82) is 0 Å². The number of nitrogens with zero attached hydrogens (tertiary/aromatic N) is 2. The maximum atomic E-state index is 13.9. The second-order valence-electron chi connectivity index (χ2n) is 18.4. The maximum Gasteiger partial charge on any atom is 0.210 e. The fourth-order valence-electron chi connectivity index (χ4n) is 10.6. The monoisotopic (exact) mass is 942 g/mol. The van der Waals surface area contributed by atoms with E-state index in [4.69, 9.17) is 44.8 Å². The van der Waals surface area contributed by atoms with Crippen LogP contribution in [0.25, 0.3) is 5.57 Å². The molecule has 0 N–H and O–H groups in total. The largest absolute Gasteiger partial charge is 0.545 e. The SMILES string of the molecule is O=C(CCCOCCOCCOCCOCCOCCOCCCCCCCl)c1ccc(C(=O)[O-])c(C2=c3cc4c5c(c3Oc3c2cc2c6c3CCCN6CCCC2)CCC[N+]=5CCCC4)c1. The zero-order valence-corrected chi connectivity index (χ0v) is 40.3. The van der Waals surface area contributed by atoms with Crippen LogP contribution in [0.15, 0.2) is 30.3 Å². The van der Waals surface area contributed by atoms with Crippen molar-refractivity contribution >= 4 is 34.6 Å². The number of carboxylic acids is 1. The molecule has 5 aliphatic rings. The number of aromatic carboxylic acids is 1. The maximum absolute atomic E-state index is 13.9. The summed E-state index contributed by atoms with van der Waals surface area (Å²) in [5.74, 6) is 1.12. The van der Waals surface area contributed by atoms with Crippen molar-refractivity contribution in [2.75, 3.05) is 116 Å². The van der Waals surface area contributed by atoms with Gasteiger partial charge in [0.25, 0.3) is 0 Å². The molecule has 0 radical (unpaired) electrons. The summed E-state index contributed by atoms with van der Waals surface area (Å²) in [7, 11) is 0. The van der Waals surface area contributed by atoms with Gasteiger partial charge in [0.15, 0.2) is 5.78 Å². The van der Waals surface area contributed by atoms with Crippen LogP contribution in [-0.2, 0) is 54.1 Å². The van der Waals surface area contributed by atoms with Gasteiger partial charge in [-0.2, -0.15) is 0 Å². The van der Waals surface area contributed by atoms with Crippen LogP contribution < -0.4 is 29.9 Å². The molecule has 364 valence electrons. The Morgan fingerprint density at radius 3 is 1.96 bits per heavy atom. The second-order valence-corrected chi connectivity index (χ2v) is 18.8. The van der Waals surface area contributed by atoms with Crippen LogP contribution in [0.1, 0.15) is 131 Å². The molecule has 0 atom stereocenters. The molecule has 0 aromatic heterocycles. The number of unbranched alkanes of at least 4 members (excludes halogenated alkanes) is 3. The average molecular weight is 944 g/mol. The highest BCUT2D eigenvalue weighted by atomic mass is 35.5. The van der Waals surface area contributed by atoms with Crippen molar-refractivity contribution in [3.05, 3.63) is 85.4 Å². The molecule has 5 aliphatic heterocycles. The summed E-state index contributed by atoms with van der Waals surface area (Å²) in [6.07, 6.45) is 15.6. The fraction of sp³-hybridized carbons (Fsp3) is 0.611. The van der Waals surface area contributed by atoms with E-state index in [9.17, 15) is 14.7 Å². The Balaban J connectivity index is 0.851. The third kappa shape index (κ3) is 12.7. The van der Waals surface area contributed by atoms with Gasteiger partial charge in [-0.25, -0.2) is 4.58 Å². The number of aryl methyl sites for hydroxylation is 2. The molecule has 0 amide bonds. The number of benzene rings is 3. The van der Waals surface area contributed by atoms with E-state index in [0.717, 1.165) is 156 Å². The smallest absolute Gasteiger partial charge is 0.210 e. The molecule has 0 fully saturated rings. The van der Waals surface area contributed by atoms with Gasteiger partial charge in [-0.05, 0) is 100.0 Å². The van der Waals surface area contributed by atoms with Crippen molar-refractivity contribution in [3.8, 4) is 11.5 Å². The number of hydrogen-bond acceptors (Lipinski definition) is 11. The lowest BCUT2D eigenvalue weighted by Crippen LogP contribution is -2.41. The Morgan fingerprint density at radius 2 is 1.24 bits per heavy atom. The topological polar surface area (TPSA) is 128 Å². The van der Waals surface area contributed by atoms with Gasteiger partial charge in [0.2, 0.25) is 5.36 Å². The Kier molecular flexibility index (Phi) is 19.0. The molecule has 67 heavy (non-hydrogen) atoms. The van der Waals surface area contributed by atoms with Crippen molar-refractivity contribution in [2.24, 2.45) is 0 Å². The summed E-state index contributed by atoms with van der Waals surface area (Å²) in [5.41, 5.74) is 9.24. The van der Waals surface area contributed by atoms with E-state index in [0.29, 0.717) is 90.2 Å². The highest BCUT2D eigenvalue weighted by Crippen LogP contribution is 2.48. The van der Waals surface area contributed by atoms with Crippen LogP contribution in [0, 0.1) is 0 Å². The minimum absolute atomic E-state index is 0.0571. The lowest BCUT2D eigenvalue weighted by Gasteiger charge is -2.36. The van der Waals surface area contributed by atoms with Crippen LogP contribution in [-0.4, -0.2) is 123 Å². The number of ether oxygens (including phenoxy) is 7. The van der Waals surface area contributed by atoms with Crippen LogP contribution in [0.4, 0.5) is 5.69 Å². The Morgan fingerprint density at radius 1 is 0.612 bits per heavy atom. The minimum atomic E-state index is -1.26. The quantitative estimate of drug-likeness (QED) is 0.0283. The Bertz CT molecular complexity index is 2300. The summed E-state index contributed by atoms with van der Waals surface area (Å²) in [5, 5.41) is 15.3. The van der Waals surface area contributed by atoms with Crippen molar-refractivity contribution in [2.45, 2.75) is 103 Å². The van der Waals surface area contributed by atoms with Gasteiger partial charge in [-0.1, -0.05) is 25.0 Å². The molecule has 3 aromatic rings. The number of carbonyl (C=O) groups excluding carboxylic acids is 2. The number of rotatable bonds is 28. The number of carbonyl (C=O) groups is 2. The minimum Gasteiger partial charge on any atom is -0.545 e. The van der Waals surface area contributed by atoms with Gasteiger partial charge >= 0.3 is 0 Å². The molecule has 0 saturated carbocycles. The van der Waals surface area contributed by atoms with Crippen LogP contribution in [0.3, 0.4) is 0 Å². The van der Waals surface area contributed by atoms with Crippen LogP contribution >= 0.6 is 11.6 Å². The number of ketones is 1. The number of anilines is 1. The molecule has 0 aliphatic carbocycles. The standard InChI is InChI=1S/C54H71ClN2O10/c55-19-5-1-2-8-24-61-26-28-63-30-32-65-34-35-66-33-31-64-29-27-62-25-11-16-48(58)39-17-18-42(54(59)60)45(36-39)49-46-37-40-12-3-6-20-56-22-9-14-43(50(40)56)52(46)67-53-44-15-10-23-57-21-7-4-13-41(51(44)57)38-47(49)53/h17-18,36-38H,1-16,19-35H2. The lowest BCUT2D eigenvalue weighted by atomic mass is 9.82. The van der Waals surface area contributed by atoms with E-state index < -0.39 is 5.97 Å². The number of halogens is 1. The molecule has 13 heteroatoms. The molecule has 0 spiro atoms. The predicted octanol–water partition coefficient (Wildman–Crippen LogP) is 6.13. The van der Waals surface area contributed by atoms with Crippen LogP contribution in [0.2, 0.25) is 0 Å². The second kappa shape index (κ2) is 25.6. The van der Waals surface area contributed by atoms with Gasteiger partial charge < -0.3 is 48.0 Å². The van der Waals surface area contributed by atoms with E-state index in [1.165, 1.54) is 33.3 Å². The first kappa shape index (κ1) is 49.5. The number of fused-ring (bicyclic) bond motifs is 4. The lowest BCUT2D eigenvalue weighted by molar-refractivity contribution is -0.255. The number of hydrogen-bond donors (Lipinski definition) is 0. The van der Waals surface area contributed by atoms with Crippen LogP contribution in [0.5, 0.6) is 11.5 Å². The van der Waals surface area contributed by atoms with Gasteiger partial charge in [0.05, 0.1) is 77.6 Å². The molecule has 8 rings (SSSR count). The summed E-state index contributed by atoms with van der Waals surface area (Å²) in [6, 6.07) is 9.57.